The molecule has 10 heteroatoms. The van der Waals surface area contributed by atoms with E-state index in [1.807, 2.05) is 0 Å². The van der Waals surface area contributed by atoms with Gasteiger partial charge < -0.3 is 19.5 Å². The second-order valence-electron chi connectivity index (χ2n) is 6.16. The van der Waals surface area contributed by atoms with E-state index < -0.39 is 17.3 Å². The van der Waals surface area contributed by atoms with E-state index in [0.717, 1.165) is 0 Å². The number of anilines is 1. The van der Waals surface area contributed by atoms with E-state index in [1.165, 1.54) is 44.2 Å². The molecule has 30 heavy (non-hydrogen) atoms. The predicted molar refractivity (Wildman–Crippen MR) is 111 cm³/mol. The van der Waals surface area contributed by atoms with E-state index in [0.29, 0.717) is 10.5 Å². The summed E-state index contributed by atoms with van der Waals surface area (Å²) in [6, 6.07) is 7.49. The number of benzene rings is 2. The Morgan fingerprint density at radius 1 is 1.07 bits per heavy atom. The highest BCUT2D eigenvalue weighted by Crippen LogP contribution is 2.34. The molecule has 9 nitrogen and oxygen atoms in total. The normalized spacial score (nSPS) is 10.6. The van der Waals surface area contributed by atoms with Gasteiger partial charge in [0.05, 0.1) is 43.5 Å². The molecule has 1 amide bonds. The molecular formula is C20H18ClN3O6. The fourth-order valence-electron chi connectivity index (χ4n) is 2.94. The van der Waals surface area contributed by atoms with Crippen LogP contribution in [0.15, 0.2) is 35.1 Å². The minimum absolute atomic E-state index is 0.0177. The van der Waals surface area contributed by atoms with Gasteiger partial charge in [-0.3, -0.25) is 14.3 Å². The smallest absolute Gasteiger partial charge is 0.340 e. The molecule has 0 aliphatic heterocycles. The molecule has 0 fully saturated rings. The van der Waals surface area contributed by atoms with Gasteiger partial charge in [0.2, 0.25) is 5.43 Å². The third kappa shape index (κ3) is 3.79. The van der Waals surface area contributed by atoms with E-state index in [2.05, 4.69) is 10.4 Å². The molecular weight excluding hydrogens is 414 g/mol. The van der Waals surface area contributed by atoms with Crippen LogP contribution < -0.4 is 20.2 Å². The number of halogens is 1. The molecule has 3 rings (SSSR count). The molecule has 3 aromatic rings. The van der Waals surface area contributed by atoms with Crippen molar-refractivity contribution in [2.24, 2.45) is 7.05 Å². The van der Waals surface area contributed by atoms with E-state index in [-0.39, 0.29) is 33.8 Å². The van der Waals surface area contributed by atoms with E-state index in [1.54, 1.807) is 19.2 Å². The number of ether oxygens (including phenoxy) is 3. The Kier molecular flexibility index (Phi) is 5.93. The van der Waals surface area contributed by atoms with Gasteiger partial charge in [0.25, 0.3) is 5.91 Å². The number of rotatable bonds is 5. The fourth-order valence-corrected chi connectivity index (χ4v) is 3.11. The van der Waals surface area contributed by atoms with Crippen molar-refractivity contribution in [3.63, 3.8) is 0 Å². The molecule has 0 atom stereocenters. The van der Waals surface area contributed by atoms with Crippen molar-refractivity contribution in [2.75, 3.05) is 26.6 Å². The first-order valence-corrected chi connectivity index (χ1v) is 9.00. The number of carbonyl (C=O) groups is 2. The van der Waals surface area contributed by atoms with Crippen LogP contribution in [0.25, 0.3) is 10.9 Å². The van der Waals surface area contributed by atoms with Crippen molar-refractivity contribution in [3.8, 4) is 11.5 Å². The molecule has 1 heterocycles. The van der Waals surface area contributed by atoms with Gasteiger partial charge in [-0.1, -0.05) is 11.6 Å². The number of aromatic nitrogens is 2. The highest BCUT2D eigenvalue weighted by atomic mass is 35.5. The van der Waals surface area contributed by atoms with Crippen molar-refractivity contribution >= 4 is 40.1 Å². The van der Waals surface area contributed by atoms with Crippen LogP contribution in [-0.2, 0) is 11.8 Å². The minimum atomic E-state index is -0.810. The van der Waals surface area contributed by atoms with Crippen molar-refractivity contribution in [1.82, 2.24) is 9.78 Å². The first-order chi connectivity index (χ1) is 14.3. The Bertz CT molecular complexity index is 1220. The summed E-state index contributed by atoms with van der Waals surface area (Å²) in [4.78, 5) is 37.9. The first kappa shape index (κ1) is 21.1. The lowest BCUT2D eigenvalue weighted by atomic mass is 10.1. The zero-order valence-corrected chi connectivity index (χ0v) is 17.4. The van der Waals surface area contributed by atoms with Crippen molar-refractivity contribution in [1.29, 1.82) is 0 Å². The summed E-state index contributed by atoms with van der Waals surface area (Å²) in [7, 11) is 5.62. The second-order valence-corrected chi connectivity index (χ2v) is 6.60. The van der Waals surface area contributed by atoms with Crippen molar-refractivity contribution < 1.29 is 23.8 Å². The van der Waals surface area contributed by atoms with Crippen molar-refractivity contribution in [2.45, 2.75) is 0 Å². The molecule has 0 aliphatic rings. The number of hydrogen-bond donors (Lipinski definition) is 1. The summed E-state index contributed by atoms with van der Waals surface area (Å²) in [5.41, 5.74) is -0.355. The van der Waals surface area contributed by atoms with Gasteiger partial charge in [-0.2, -0.15) is 5.10 Å². The average molecular weight is 432 g/mol. The Hall–Kier alpha value is -3.59. The average Bonchev–Trinajstić information content (AvgIpc) is 2.75. The monoisotopic (exact) mass is 431 g/mol. The van der Waals surface area contributed by atoms with E-state index in [9.17, 15) is 14.4 Å². The summed E-state index contributed by atoms with van der Waals surface area (Å²) in [6.07, 6.45) is 0. The molecule has 0 unspecified atom stereocenters. The van der Waals surface area contributed by atoms with Crippen LogP contribution in [0.1, 0.15) is 20.8 Å². The summed E-state index contributed by atoms with van der Waals surface area (Å²) in [5.74, 6) is -0.982. The molecule has 0 radical (unpaired) electrons. The molecule has 0 aliphatic carbocycles. The van der Waals surface area contributed by atoms with Crippen LogP contribution in [0.5, 0.6) is 11.5 Å². The Balaban J connectivity index is 2.11. The van der Waals surface area contributed by atoms with Crippen LogP contribution in [0, 0.1) is 0 Å². The molecule has 2 aromatic carbocycles. The number of aryl methyl sites for hydroxylation is 1. The van der Waals surface area contributed by atoms with Gasteiger partial charge in [-0.05, 0) is 18.2 Å². The Morgan fingerprint density at radius 3 is 2.37 bits per heavy atom. The number of nitrogens with one attached hydrogen (secondary N) is 1. The number of esters is 1. The summed E-state index contributed by atoms with van der Waals surface area (Å²) >= 11 is 5.99. The zero-order valence-electron chi connectivity index (χ0n) is 16.6. The van der Waals surface area contributed by atoms with Crippen LogP contribution in [-0.4, -0.2) is 43.0 Å². The maximum Gasteiger partial charge on any atom is 0.340 e. The topological polar surface area (TPSA) is 109 Å². The van der Waals surface area contributed by atoms with Gasteiger partial charge in [-0.25, -0.2) is 4.79 Å². The molecule has 0 bridgehead atoms. The van der Waals surface area contributed by atoms with Crippen molar-refractivity contribution in [3.05, 3.63) is 56.8 Å². The SMILES string of the molecule is COC(=O)c1cc(OC)c(OC)cc1NC(=O)c1nn(C)c2ccc(Cl)cc2c1=O. The van der Waals surface area contributed by atoms with Gasteiger partial charge in [0.1, 0.15) is 0 Å². The van der Waals surface area contributed by atoms with Gasteiger partial charge in [0, 0.05) is 24.2 Å². The van der Waals surface area contributed by atoms with Crippen LogP contribution in [0.2, 0.25) is 5.02 Å². The number of hydrogen-bond acceptors (Lipinski definition) is 7. The predicted octanol–water partition coefficient (Wildman–Crippen LogP) is 2.64. The Morgan fingerprint density at radius 2 is 1.73 bits per heavy atom. The third-order valence-electron chi connectivity index (χ3n) is 4.41. The van der Waals surface area contributed by atoms with E-state index in [4.69, 9.17) is 25.8 Å². The fraction of sp³-hybridized carbons (Fsp3) is 0.200. The van der Waals surface area contributed by atoms with Gasteiger partial charge in [0.15, 0.2) is 17.2 Å². The second kappa shape index (κ2) is 8.42. The third-order valence-corrected chi connectivity index (χ3v) is 4.64. The summed E-state index contributed by atoms with van der Waals surface area (Å²) in [6.45, 7) is 0. The standard InChI is InChI=1S/C20H18ClN3O6/c1-24-14-6-5-10(21)7-12(14)18(25)17(23-24)19(26)22-13-9-16(29-3)15(28-2)8-11(13)20(27)30-4/h5-9H,1-4H3,(H,22,26). The first-order valence-electron chi connectivity index (χ1n) is 8.63. The molecule has 0 spiro atoms. The molecule has 0 saturated heterocycles. The van der Waals surface area contributed by atoms with E-state index >= 15 is 0 Å². The lowest BCUT2D eigenvalue weighted by molar-refractivity contribution is 0.0601. The van der Waals surface area contributed by atoms with Crippen LogP contribution >= 0.6 is 11.6 Å². The van der Waals surface area contributed by atoms with Crippen LogP contribution in [0.4, 0.5) is 5.69 Å². The summed E-state index contributed by atoms with van der Waals surface area (Å²) in [5, 5.41) is 7.20. The summed E-state index contributed by atoms with van der Waals surface area (Å²) < 4.78 is 16.6. The highest BCUT2D eigenvalue weighted by molar-refractivity contribution is 6.31. The maximum absolute atomic E-state index is 12.9. The van der Waals surface area contributed by atoms with Gasteiger partial charge >= 0.3 is 5.97 Å². The Labute approximate surface area is 176 Å². The number of carbonyl (C=O) groups excluding carboxylic acids is 2. The maximum atomic E-state index is 12.9. The lowest BCUT2D eigenvalue weighted by Crippen LogP contribution is -2.27. The zero-order chi connectivity index (χ0) is 22.0. The highest BCUT2D eigenvalue weighted by Gasteiger charge is 2.22. The molecule has 1 aromatic heterocycles. The largest absolute Gasteiger partial charge is 0.493 e. The molecule has 1 N–H and O–H groups in total. The van der Waals surface area contributed by atoms with Gasteiger partial charge in [-0.15, -0.1) is 0 Å². The van der Waals surface area contributed by atoms with Crippen LogP contribution in [0.3, 0.4) is 0 Å². The molecule has 0 saturated carbocycles. The lowest BCUT2D eigenvalue weighted by Gasteiger charge is -2.15. The number of methoxy groups -OCH3 is 3. The number of fused-ring (bicyclic) bond motifs is 1. The number of amides is 1. The number of nitrogens with zero attached hydrogens (tertiary/aromatic N) is 2. The molecule has 156 valence electrons. The minimum Gasteiger partial charge on any atom is -0.493 e. The quantitative estimate of drug-likeness (QED) is 0.618.